The van der Waals surface area contributed by atoms with E-state index >= 15 is 0 Å². The Kier molecular flexibility index (Phi) is 3.70. The molecule has 88 valence electrons. The van der Waals surface area contributed by atoms with Gasteiger partial charge in [-0.05, 0) is 18.6 Å². The lowest BCUT2D eigenvalue weighted by molar-refractivity contribution is 0.0975. The van der Waals surface area contributed by atoms with Gasteiger partial charge < -0.3 is 4.42 Å². The predicted molar refractivity (Wildman–Crippen MR) is 65.8 cm³/mol. The second-order valence-corrected chi connectivity index (χ2v) is 3.93. The SMILES string of the molecule is CCCCC(=O)c1coc(-c2ccccc2)n1. The number of carbonyl (C=O) groups is 1. The summed E-state index contributed by atoms with van der Waals surface area (Å²) in [4.78, 5) is 15.9. The van der Waals surface area contributed by atoms with Gasteiger partial charge in [0.1, 0.15) is 12.0 Å². The largest absolute Gasteiger partial charge is 0.444 e. The van der Waals surface area contributed by atoms with Gasteiger partial charge in [-0.15, -0.1) is 0 Å². The standard InChI is InChI=1S/C14H15NO2/c1-2-3-9-13(16)12-10-17-14(15-12)11-7-5-4-6-8-11/h4-8,10H,2-3,9H2,1H3. The van der Waals surface area contributed by atoms with Crippen LogP contribution in [0.1, 0.15) is 36.7 Å². The molecule has 0 saturated carbocycles. The molecule has 0 fully saturated rings. The summed E-state index contributed by atoms with van der Waals surface area (Å²) in [5.41, 5.74) is 1.32. The van der Waals surface area contributed by atoms with E-state index in [-0.39, 0.29) is 5.78 Å². The van der Waals surface area contributed by atoms with Crippen LogP contribution in [-0.4, -0.2) is 10.8 Å². The Morgan fingerprint density at radius 3 is 2.76 bits per heavy atom. The van der Waals surface area contributed by atoms with Gasteiger partial charge in [0, 0.05) is 12.0 Å². The van der Waals surface area contributed by atoms with Crippen LogP contribution < -0.4 is 0 Å². The van der Waals surface area contributed by atoms with E-state index in [9.17, 15) is 4.79 Å². The Morgan fingerprint density at radius 2 is 2.06 bits per heavy atom. The fraction of sp³-hybridized carbons (Fsp3) is 0.286. The van der Waals surface area contributed by atoms with Crippen molar-refractivity contribution in [1.29, 1.82) is 0 Å². The first kappa shape index (κ1) is 11.6. The number of aromatic nitrogens is 1. The van der Waals surface area contributed by atoms with E-state index in [2.05, 4.69) is 11.9 Å². The van der Waals surface area contributed by atoms with Gasteiger partial charge in [-0.3, -0.25) is 4.79 Å². The average Bonchev–Trinajstić information content (AvgIpc) is 2.86. The summed E-state index contributed by atoms with van der Waals surface area (Å²) in [5, 5.41) is 0. The number of nitrogens with zero attached hydrogens (tertiary/aromatic N) is 1. The first-order valence-electron chi connectivity index (χ1n) is 5.85. The molecule has 0 radical (unpaired) electrons. The number of benzene rings is 1. The van der Waals surface area contributed by atoms with Crippen LogP contribution in [0.2, 0.25) is 0 Å². The molecule has 0 aliphatic heterocycles. The molecule has 3 heteroatoms. The summed E-state index contributed by atoms with van der Waals surface area (Å²) in [7, 11) is 0. The van der Waals surface area contributed by atoms with Crippen molar-refractivity contribution in [2.24, 2.45) is 0 Å². The summed E-state index contributed by atoms with van der Waals surface area (Å²) in [5.74, 6) is 0.559. The Labute approximate surface area is 100 Å². The highest BCUT2D eigenvalue weighted by molar-refractivity contribution is 5.94. The Bertz CT molecular complexity index is 488. The molecule has 3 nitrogen and oxygen atoms in total. The molecule has 0 spiro atoms. The van der Waals surface area contributed by atoms with Crippen LogP contribution in [0, 0.1) is 0 Å². The van der Waals surface area contributed by atoms with Gasteiger partial charge in [-0.25, -0.2) is 4.98 Å². The molecule has 0 unspecified atom stereocenters. The van der Waals surface area contributed by atoms with Crippen LogP contribution >= 0.6 is 0 Å². The summed E-state index contributed by atoms with van der Waals surface area (Å²) in [6, 6.07) is 9.58. The molecule has 1 aromatic carbocycles. The quantitative estimate of drug-likeness (QED) is 0.734. The van der Waals surface area contributed by atoms with Crippen LogP contribution in [-0.2, 0) is 0 Å². The number of Topliss-reactive ketones (excluding diaryl/α,β-unsaturated/α-hetero) is 1. The molecule has 0 aliphatic rings. The maximum absolute atomic E-state index is 11.7. The van der Waals surface area contributed by atoms with E-state index in [1.807, 2.05) is 30.3 Å². The highest BCUT2D eigenvalue weighted by Gasteiger charge is 2.12. The highest BCUT2D eigenvalue weighted by Crippen LogP contribution is 2.18. The van der Waals surface area contributed by atoms with Crippen molar-refractivity contribution in [2.45, 2.75) is 26.2 Å². The monoisotopic (exact) mass is 229 g/mol. The van der Waals surface area contributed by atoms with Crippen LogP contribution in [0.4, 0.5) is 0 Å². The van der Waals surface area contributed by atoms with Crippen molar-refractivity contribution < 1.29 is 9.21 Å². The lowest BCUT2D eigenvalue weighted by Crippen LogP contribution is -1.98. The number of unbranched alkanes of at least 4 members (excludes halogenated alkanes) is 1. The molecule has 17 heavy (non-hydrogen) atoms. The van der Waals surface area contributed by atoms with Gasteiger partial charge in [0.05, 0.1) is 0 Å². The van der Waals surface area contributed by atoms with E-state index in [0.717, 1.165) is 18.4 Å². The third-order valence-electron chi connectivity index (χ3n) is 2.57. The van der Waals surface area contributed by atoms with Gasteiger partial charge in [-0.1, -0.05) is 31.5 Å². The van der Waals surface area contributed by atoms with E-state index in [4.69, 9.17) is 4.42 Å². The molecular formula is C14H15NO2. The summed E-state index contributed by atoms with van der Waals surface area (Å²) in [6.45, 7) is 2.06. The molecule has 1 heterocycles. The number of rotatable bonds is 5. The first-order chi connectivity index (χ1) is 8.31. The second kappa shape index (κ2) is 5.43. The van der Waals surface area contributed by atoms with Crippen molar-refractivity contribution in [3.8, 4) is 11.5 Å². The van der Waals surface area contributed by atoms with Crippen LogP contribution in [0.3, 0.4) is 0 Å². The molecule has 1 aromatic heterocycles. The zero-order chi connectivity index (χ0) is 12.1. The maximum atomic E-state index is 11.7. The smallest absolute Gasteiger partial charge is 0.226 e. The minimum atomic E-state index is 0.0535. The maximum Gasteiger partial charge on any atom is 0.226 e. The van der Waals surface area contributed by atoms with Crippen molar-refractivity contribution in [2.75, 3.05) is 0 Å². The van der Waals surface area contributed by atoms with E-state index in [1.54, 1.807) is 0 Å². The molecule has 0 aliphatic carbocycles. The second-order valence-electron chi connectivity index (χ2n) is 3.93. The molecule has 2 rings (SSSR count). The fourth-order valence-electron chi connectivity index (χ4n) is 1.58. The molecule has 0 saturated heterocycles. The van der Waals surface area contributed by atoms with Crippen LogP contribution in [0.15, 0.2) is 41.0 Å². The lowest BCUT2D eigenvalue weighted by atomic mass is 10.1. The normalized spacial score (nSPS) is 10.4. The summed E-state index contributed by atoms with van der Waals surface area (Å²) in [6.07, 6.45) is 3.89. The molecular weight excluding hydrogens is 214 g/mol. The third kappa shape index (κ3) is 2.81. The topological polar surface area (TPSA) is 43.1 Å². The van der Waals surface area contributed by atoms with Gasteiger partial charge in [0.15, 0.2) is 5.78 Å². The minimum absolute atomic E-state index is 0.0535. The average molecular weight is 229 g/mol. The fourth-order valence-corrected chi connectivity index (χ4v) is 1.58. The van der Waals surface area contributed by atoms with E-state index in [0.29, 0.717) is 18.0 Å². The Balaban J connectivity index is 2.14. The summed E-state index contributed by atoms with van der Waals surface area (Å²) >= 11 is 0. The van der Waals surface area contributed by atoms with Crippen molar-refractivity contribution in [3.05, 3.63) is 42.3 Å². The number of carbonyl (C=O) groups excluding carboxylic acids is 1. The summed E-state index contributed by atoms with van der Waals surface area (Å²) < 4.78 is 5.32. The van der Waals surface area contributed by atoms with Gasteiger partial charge in [0.2, 0.25) is 5.89 Å². The van der Waals surface area contributed by atoms with Crippen LogP contribution in [0.5, 0.6) is 0 Å². The van der Waals surface area contributed by atoms with Crippen molar-refractivity contribution in [1.82, 2.24) is 4.98 Å². The van der Waals surface area contributed by atoms with E-state index < -0.39 is 0 Å². The van der Waals surface area contributed by atoms with Gasteiger partial charge in [0.25, 0.3) is 0 Å². The van der Waals surface area contributed by atoms with Crippen molar-refractivity contribution >= 4 is 5.78 Å². The minimum Gasteiger partial charge on any atom is -0.444 e. The highest BCUT2D eigenvalue weighted by atomic mass is 16.3. The molecule has 0 bridgehead atoms. The zero-order valence-corrected chi connectivity index (χ0v) is 9.85. The van der Waals surface area contributed by atoms with Crippen molar-refractivity contribution in [3.63, 3.8) is 0 Å². The van der Waals surface area contributed by atoms with Gasteiger partial charge in [-0.2, -0.15) is 0 Å². The third-order valence-corrected chi connectivity index (χ3v) is 2.57. The molecule has 0 N–H and O–H groups in total. The number of hydrogen-bond acceptors (Lipinski definition) is 3. The number of hydrogen-bond donors (Lipinski definition) is 0. The Morgan fingerprint density at radius 1 is 1.29 bits per heavy atom. The first-order valence-corrected chi connectivity index (χ1v) is 5.85. The number of ketones is 1. The zero-order valence-electron chi connectivity index (χ0n) is 9.85. The van der Waals surface area contributed by atoms with Gasteiger partial charge >= 0.3 is 0 Å². The predicted octanol–water partition coefficient (Wildman–Crippen LogP) is 3.71. The lowest BCUT2D eigenvalue weighted by Gasteiger charge is -1.94. The molecule has 2 aromatic rings. The number of oxazole rings is 1. The molecule has 0 amide bonds. The van der Waals surface area contributed by atoms with Crippen LogP contribution in [0.25, 0.3) is 11.5 Å². The Hall–Kier alpha value is -1.90. The van der Waals surface area contributed by atoms with E-state index in [1.165, 1.54) is 6.26 Å². The molecule has 0 atom stereocenters.